The van der Waals surface area contributed by atoms with Gasteiger partial charge in [-0.05, 0) is 43.4 Å². The van der Waals surface area contributed by atoms with Gasteiger partial charge in [-0.25, -0.2) is 9.18 Å². The van der Waals surface area contributed by atoms with Crippen LogP contribution in [0.5, 0.6) is 0 Å². The summed E-state index contributed by atoms with van der Waals surface area (Å²) in [5.41, 5.74) is 0.422. The maximum absolute atomic E-state index is 13.7. The molecule has 1 aromatic rings. The average Bonchev–Trinajstić information content (AvgIpc) is 2.57. The molecule has 0 saturated heterocycles. The molecule has 104 valence electrons. The van der Waals surface area contributed by atoms with Gasteiger partial charge in [0.2, 0.25) is 0 Å². The van der Waals surface area contributed by atoms with Gasteiger partial charge in [0.05, 0.1) is 11.3 Å². The number of carbonyl (C=O) groups is 1. The van der Waals surface area contributed by atoms with E-state index in [9.17, 15) is 9.18 Å². The molecule has 2 atom stereocenters. The van der Waals surface area contributed by atoms with Crippen molar-refractivity contribution in [1.82, 2.24) is 0 Å². The van der Waals surface area contributed by atoms with Gasteiger partial charge < -0.3 is 10.4 Å². The van der Waals surface area contributed by atoms with Crippen molar-refractivity contribution in [1.29, 1.82) is 0 Å². The summed E-state index contributed by atoms with van der Waals surface area (Å²) in [6, 6.07) is 4.12. The number of carboxylic acids is 1. The summed E-state index contributed by atoms with van der Waals surface area (Å²) in [4.78, 5) is 10.9. The fourth-order valence-corrected chi connectivity index (χ4v) is 2.62. The molecule has 2 N–H and O–H groups in total. The molecule has 1 aliphatic carbocycles. The molecule has 3 nitrogen and oxygen atoms in total. The minimum Gasteiger partial charge on any atom is -0.478 e. The van der Waals surface area contributed by atoms with Gasteiger partial charge in [0.15, 0.2) is 0 Å². The normalized spacial score (nSPS) is 23.7. The molecular weight excluding hydrogens is 245 g/mol. The average molecular weight is 265 g/mol. The Bertz CT molecular complexity index is 461. The Hall–Kier alpha value is -1.58. The van der Waals surface area contributed by atoms with E-state index in [0.717, 1.165) is 31.6 Å². The van der Waals surface area contributed by atoms with Crippen molar-refractivity contribution >= 4 is 11.7 Å². The van der Waals surface area contributed by atoms with Gasteiger partial charge in [0.1, 0.15) is 5.82 Å². The first-order valence-corrected chi connectivity index (χ1v) is 6.85. The van der Waals surface area contributed by atoms with Crippen LogP contribution in [0.1, 0.15) is 49.4 Å². The molecule has 0 radical (unpaired) electrons. The summed E-state index contributed by atoms with van der Waals surface area (Å²) >= 11 is 0. The minimum atomic E-state index is -1.03. The fraction of sp³-hybridized carbons (Fsp3) is 0.533. The van der Waals surface area contributed by atoms with Crippen molar-refractivity contribution in [3.63, 3.8) is 0 Å². The zero-order chi connectivity index (χ0) is 13.8. The van der Waals surface area contributed by atoms with Crippen LogP contribution in [0.3, 0.4) is 0 Å². The number of aromatic carboxylic acids is 1. The molecule has 1 saturated carbocycles. The van der Waals surface area contributed by atoms with Crippen molar-refractivity contribution in [3.05, 3.63) is 29.6 Å². The fourth-order valence-electron chi connectivity index (χ4n) is 2.62. The van der Waals surface area contributed by atoms with Crippen molar-refractivity contribution in [2.24, 2.45) is 5.92 Å². The zero-order valence-corrected chi connectivity index (χ0v) is 11.2. The van der Waals surface area contributed by atoms with Gasteiger partial charge >= 0.3 is 5.97 Å². The number of hydrogen-bond acceptors (Lipinski definition) is 2. The third-order valence-corrected chi connectivity index (χ3v) is 3.83. The number of anilines is 1. The quantitative estimate of drug-likeness (QED) is 0.815. The molecule has 1 aliphatic rings. The Balaban J connectivity index is 2.09. The van der Waals surface area contributed by atoms with E-state index in [1.807, 2.05) is 0 Å². The van der Waals surface area contributed by atoms with Crippen molar-refractivity contribution in [3.8, 4) is 0 Å². The van der Waals surface area contributed by atoms with Crippen LogP contribution in [-0.4, -0.2) is 17.1 Å². The Labute approximate surface area is 112 Å². The molecule has 2 rings (SSSR count). The highest BCUT2D eigenvalue weighted by atomic mass is 19.1. The van der Waals surface area contributed by atoms with Crippen molar-refractivity contribution in [2.75, 3.05) is 5.32 Å². The molecule has 2 unspecified atom stereocenters. The lowest BCUT2D eigenvalue weighted by molar-refractivity contribution is 0.0697. The first-order valence-electron chi connectivity index (χ1n) is 6.85. The van der Waals surface area contributed by atoms with Crippen LogP contribution in [0.25, 0.3) is 0 Å². The van der Waals surface area contributed by atoms with Gasteiger partial charge in [-0.2, -0.15) is 0 Å². The Morgan fingerprint density at radius 2 is 2.11 bits per heavy atom. The molecule has 0 amide bonds. The molecule has 0 bridgehead atoms. The van der Waals surface area contributed by atoms with Gasteiger partial charge in [0, 0.05) is 6.04 Å². The van der Waals surface area contributed by atoms with Gasteiger partial charge in [0.25, 0.3) is 0 Å². The maximum Gasteiger partial charge on any atom is 0.335 e. The topological polar surface area (TPSA) is 49.3 Å². The van der Waals surface area contributed by atoms with E-state index in [-0.39, 0.29) is 17.4 Å². The number of carboxylic acid groups (broad SMARTS) is 1. The smallest absolute Gasteiger partial charge is 0.335 e. The predicted molar refractivity (Wildman–Crippen MR) is 73.0 cm³/mol. The van der Waals surface area contributed by atoms with Crippen LogP contribution in [-0.2, 0) is 0 Å². The summed E-state index contributed by atoms with van der Waals surface area (Å²) in [5.74, 6) is -0.693. The molecule has 0 heterocycles. The highest BCUT2D eigenvalue weighted by Crippen LogP contribution is 2.26. The Morgan fingerprint density at radius 1 is 1.32 bits per heavy atom. The highest BCUT2D eigenvalue weighted by Gasteiger charge is 2.17. The summed E-state index contributed by atoms with van der Waals surface area (Å²) in [7, 11) is 0. The van der Waals surface area contributed by atoms with Crippen LogP contribution >= 0.6 is 0 Å². The molecule has 0 spiro atoms. The maximum atomic E-state index is 13.7. The first-order chi connectivity index (χ1) is 9.06. The predicted octanol–water partition coefficient (Wildman–Crippen LogP) is 3.90. The van der Waals surface area contributed by atoms with Gasteiger partial charge in [-0.15, -0.1) is 0 Å². The monoisotopic (exact) mass is 265 g/mol. The Morgan fingerprint density at radius 3 is 2.84 bits per heavy atom. The summed E-state index contributed by atoms with van der Waals surface area (Å²) in [6.45, 7) is 2.24. The van der Waals surface area contributed by atoms with Crippen LogP contribution < -0.4 is 5.32 Å². The standard InChI is InChI=1S/C15H20FNO2/c1-10-3-2-4-12(7-5-10)17-14-9-11(15(18)19)6-8-13(14)16/h6,8-10,12,17H,2-5,7H2,1H3,(H,18,19). The molecule has 4 heteroatoms. The van der Waals surface area contributed by atoms with E-state index in [1.54, 1.807) is 0 Å². The molecule has 1 fully saturated rings. The molecule has 0 aliphatic heterocycles. The van der Waals surface area contributed by atoms with Crippen LogP contribution in [0, 0.1) is 11.7 Å². The number of hydrogen-bond donors (Lipinski definition) is 2. The first kappa shape index (κ1) is 13.8. The minimum absolute atomic E-state index is 0.117. The number of halogens is 1. The zero-order valence-electron chi connectivity index (χ0n) is 11.2. The number of nitrogens with one attached hydrogen (secondary N) is 1. The summed E-state index contributed by atoms with van der Waals surface area (Å²) < 4.78 is 13.7. The van der Waals surface area contributed by atoms with E-state index in [0.29, 0.717) is 5.69 Å². The second-order valence-corrected chi connectivity index (χ2v) is 5.45. The van der Waals surface area contributed by atoms with Gasteiger partial charge in [-0.1, -0.05) is 19.8 Å². The van der Waals surface area contributed by atoms with E-state index < -0.39 is 5.97 Å². The number of benzene rings is 1. The van der Waals surface area contributed by atoms with Crippen LogP contribution in [0.15, 0.2) is 18.2 Å². The third-order valence-electron chi connectivity index (χ3n) is 3.83. The van der Waals surface area contributed by atoms with Crippen LogP contribution in [0.4, 0.5) is 10.1 Å². The molecule has 1 aromatic carbocycles. The van der Waals surface area contributed by atoms with Crippen LogP contribution in [0.2, 0.25) is 0 Å². The molecular formula is C15H20FNO2. The SMILES string of the molecule is CC1CCCC(Nc2cc(C(=O)O)ccc2F)CC1. The second-order valence-electron chi connectivity index (χ2n) is 5.45. The summed E-state index contributed by atoms with van der Waals surface area (Å²) in [6.07, 6.45) is 5.52. The highest BCUT2D eigenvalue weighted by molar-refractivity contribution is 5.88. The van der Waals surface area contributed by atoms with Crippen molar-refractivity contribution in [2.45, 2.75) is 45.1 Å². The molecule has 0 aromatic heterocycles. The lowest BCUT2D eigenvalue weighted by Gasteiger charge is -2.18. The van der Waals surface area contributed by atoms with E-state index >= 15 is 0 Å². The van der Waals surface area contributed by atoms with E-state index in [4.69, 9.17) is 5.11 Å². The Kier molecular flexibility index (Phi) is 4.40. The lowest BCUT2D eigenvalue weighted by Crippen LogP contribution is -2.19. The third kappa shape index (κ3) is 3.69. The van der Waals surface area contributed by atoms with Crippen molar-refractivity contribution < 1.29 is 14.3 Å². The summed E-state index contributed by atoms with van der Waals surface area (Å²) in [5, 5.41) is 12.1. The van der Waals surface area contributed by atoms with E-state index in [2.05, 4.69) is 12.2 Å². The number of rotatable bonds is 3. The van der Waals surface area contributed by atoms with Gasteiger partial charge in [-0.3, -0.25) is 0 Å². The lowest BCUT2D eigenvalue weighted by atomic mass is 10.0. The molecule has 19 heavy (non-hydrogen) atoms. The van der Waals surface area contributed by atoms with E-state index in [1.165, 1.54) is 24.6 Å². The second kappa shape index (κ2) is 6.04. The largest absolute Gasteiger partial charge is 0.478 e.